The van der Waals surface area contributed by atoms with Gasteiger partial charge in [-0.05, 0) is 0 Å². The van der Waals surface area contributed by atoms with Gasteiger partial charge in [0.25, 0.3) is 0 Å². The molecule has 6 saturated heterocycles. The quantitative estimate of drug-likeness (QED) is 0.154. The van der Waals surface area contributed by atoms with E-state index in [0.717, 1.165) is 0 Å². The van der Waals surface area contributed by atoms with E-state index in [9.17, 15) is 0 Å². The monoisotopic (exact) mass is 1350 g/mol. The highest BCUT2D eigenvalue weighted by Crippen LogP contribution is 2.69. The lowest BCUT2D eigenvalue weighted by Gasteiger charge is -2.92. The van der Waals surface area contributed by atoms with Crippen molar-refractivity contribution < 1.29 is 0 Å². The van der Waals surface area contributed by atoms with E-state index in [-0.39, 0.29) is 0 Å². The van der Waals surface area contributed by atoms with Gasteiger partial charge in [-0.15, -0.1) is 0 Å². The summed E-state index contributed by atoms with van der Waals surface area (Å²) in [6.07, 6.45) is -6.31. The van der Waals surface area contributed by atoms with Crippen LogP contribution in [0.2, 0.25) is 210 Å². The molecule has 0 spiro atoms. The maximum absolute atomic E-state index is 3.13. The maximum atomic E-state index is 3.13. The van der Waals surface area contributed by atoms with Crippen LogP contribution in [0.1, 0.15) is 0 Å². The second-order valence-electron chi connectivity index (χ2n) is 34.7. The van der Waals surface area contributed by atoms with Gasteiger partial charge in [0.2, 0.25) is 0 Å². The summed E-state index contributed by atoms with van der Waals surface area (Å²) in [5, 5.41) is 7.34. The number of fused-ring (bicyclic) bond motifs is 6. The van der Waals surface area contributed by atoms with Crippen molar-refractivity contribution >= 4 is 161 Å². The van der Waals surface area contributed by atoms with Crippen LogP contribution < -0.4 is 20.7 Å². The highest BCUT2D eigenvalue weighted by molar-refractivity contribution is 8.48. The lowest BCUT2D eigenvalue weighted by Crippen LogP contribution is -3.25. The first-order valence-corrected chi connectivity index (χ1v) is 108. The van der Waals surface area contributed by atoms with Crippen molar-refractivity contribution in [2.45, 2.75) is 210 Å². The molecule has 0 aromatic heterocycles. The minimum Gasteiger partial charge on any atom is -0.0739 e. The zero-order chi connectivity index (χ0) is 58.5. The largest absolute Gasteiger partial charge is 0.100 e. The molecule has 10 rings (SSSR count). The summed E-state index contributed by atoms with van der Waals surface area (Å²) in [5.41, 5.74) is 0. The van der Waals surface area contributed by atoms with Crippen molar-refractivity contribution in [3.05, 3.63) is 121 Å². The Bertz CT molecular complexity index is 2420. The summed E-state index contributed by atoms with van der Waals surface area (Å²) in [7, 11) is -24.7. The molecule has 6 aliphatic rings. The topological polar surface area (TPSA) is 0 Å². The fourth-order valence-corrected chi connectivity index (χ4v) is 1520. The average Bonchev–Trinajstić information content (AvgIpc) is 3.27. The van der Waals surface area contributed by atoms with Crippen molar-refractivity contribution in [1.82, 2.24) is 0 Å². The summed E-state index contributed by atoms with van der Waals surface area (Å²) >= 11 is 0. The van der Waals surface area contributed by atoms with Crippen LogP contribution in [0.25, 0.3) is 0 Å². The van der Waals surface area contributed by atoms with Crippen LogP contribution >= 0.6 is 0 Å². The third-order valence-corrected chi connectivity index (χ3v) is 707. The third kappa shape index (κ3) is 6.36. The molecule has 4 aromatic rings. The Morgan fingerprint density at radius 2 is 0.303 bits per heavy atom. The molecule has 4 bridgehead atoms. The molecule has 0 saturated carbocycles. The SMILES string of the molecule is C[Si](C)(C)[Si]12[Si](C)(C)[Si](C)(C)[Si]([Si](C)(c3ccccc3)c3ccccc3)([Si](C)(C)[Si]1(C)C)[Si](C)(C)[Si]2(C)C.C[Si](C)(C)[Si]12[Si](C)(C)[Si](C)(C)[Si]([Si](C)(c3ccccc3)c3ccccc3)([Si](C)(C)[Si]1(C)C)[Si](C)(C)[Si]2(C)C. The molecule has 0 atom stereocenters. The standard InChI is InChI=1S/2C28H58Si10/c2*1-29(2,3)37-30(4,5)33(10,11)38(34(12,13)31(37,6)7,35(14,15)32(37,8)9)36(16,27-23-19-17-20-24-27)28-25-21-18-22-26-28/h2*17-26H,1-16H3. The smallest absolute Gasteiger partial charge is 0.0739 e. The van der Waals surface area contributed by atoms with Gasteiger partial charge in [0.15, 0.2) is 0 Å². The molecule has 20 heteroatoms. The summed E-state index contributed by atoms with van der Waals surface area (Å²) in [6, 6.07) is 49.6. The van der Waals surface area contributed by atoms with Gasteiger partial charge in [-0.2, -0.15) is 0 Å². The molecule has 420 valence electrons. The Morgan fingerprint density at radius 3 is 0.421 bits per heavy atom. The van der Waals surface area contributed by atoms with Gasteiger partial charge < -0.3 is 0 Å². The van der Waals surface area contributed by atoms with Crippen LogP contribution in [-0.4, -0.2) is 140 Å². The van der Waals surface area contributed by atoms with E-state index in [1.807, 2.05) is 20.7 Å². The zero-order valence-electron chi connectivity index (χ0n) is 55.5. The molecule has 0 radical (unpaired) electrons. The lowest BCUT2D eigenvalue weighted by molar-refractivity contribution is 1.69. The number of hydrogen-bond acceptors (Lipinski definition) is 0. The zero-order valence-corrected chi connectivity index (χ0v) is 75.5. The lowest BCUT2D eigenvalue weighted by atomic mass is 10.4. The summed E-state index contributed by atoms with van der Waals surface area (Å²) < 4.78 is 0. The van der Waals surface area contributed by atoms with Crippen molar-refractivity contribution in [2.75, 3.05) is 0 Å². The molecular weight excluding hydrogens is 1230 g/mol. The number of benzene rings is 4. The second kappa shape index (κ2) is 18.4. The van der Waals surface area contributed by atoms with Gasteiger partial charge in [-0.1, -0.05) is 352 Å². The van der Waals surface area contributed by atoms with Crippen LogP contribution in [0, 0.1) is 0 Å². The molecule has 0 nitrogen and oxygen atoms in total. The van der Waals surface area contributed by atoms with E-state index < -0.39 is 140 Å². The Balaban J connectivity index is 0.000000221. The van der Waals surface area contributed by atoms with Crippen molar-refractivity contribution in [3.63, 3.8) is 0 Å². The van der Waals surface area contributed by atoms with E-state index in [2.05, 4.69) is 331 Å². The summed E-state index contributed by atoms with van der Waals surface area (Å²) in [4.78, 5) is 0. The maximum Gasteiger partial charge on any atom is 0.100 e. The van der Waals surface area contributed by atoms with Gasteiger partial charge >= 0.3 is 0 Å². The fraction of sp³-hybridized carbons (Fsp3) is 0.571. The summed E-state index contributed by atoms with van der Waals surface area (Å²) in [6.45, 7) is 98.6. The Hall–Kier alpha value is 1.22. The van der Waals surface area contributed by atoms with Crippen molar-refractivity contribution in [1.29, 1.82) is 0 Å². The van der Waals surface area contributed by atoms with Crippen molar-refractivity contribution in [2.24, 2.45) is 0 Å². The Kier molecular flexibility index (Phi) is 15.7. The summed E-state index contributed by atoms with van der Waals surface area (Å²) in [5.74, 6) is 0. The van der Waals surface area contributed by atoms with Gasteiger partial charge in [0, 0.05) is 125 Å². The van der Waals surface area contributed by atoms with Crippen LogP contribution in [0.3, 0.4) is 0 Å². The van der Waals surface area contributed by atoms with Crippen LogP contribution in [-0.2, 0) is 0 Å². The van der Waals surface area contributed by atoms with E-state index in [4.69, 9.17) is 0 Å². The molecule has 76 heavy (non-hydrogen) atoms. The number of hydrogen-bond donors (Lipinski definition) is 0. The average molecular weight is 1350 g/mol. The van der Waals surface area contributed by atoms with Gasteiger partial charge in [0.1, 0.15) is 15.2 Å². The molecule has 6 heterocycles. The first kappa shape index (κ1) is 64.8. The van der Waals surface area contributed by atoms with Gasteiger partial charge in [-0.3, -0.25) is 0 Å². The molecule has 0 N–H and O–H groups in total. The van der Waals surface area contributed by atoms with Crippen molar-refractivity contribution in [3.8, 4) is 0 Å². The van der Waals surface area contributed by atoms with E-state index in [1.54, 1.807) is 0 Å². The van der Waals surface area contributed by atoms with Gasteiger partial charge in [0.05, 0.1) is 0 Å². The minimum absolute atomic E-state index is 1.33. The van der Waals surface area contributed by atoms with Crippen LogP contribution in [0.4, 0.5) is 0 Å². The van der Waals surface area contributed by atoms with E-state index >= 15 is 0 Å². The number of rotatable bonds is 8. The molecule has 6 fully saturated rings. The highest BCUT2D eigenvalue weighted by atomic mass is 30.6. The van der Waals surface area contributed by atoms with Crippen LogP contribution in [0.5, 0.6) is 0 Å². The normalized spacial score (nSPS) is 32.1. The molecular formula is C56H116Si20. The van der Waals surface area contributed by atoms with E-state index in [0.29, 0.717) is 0 Å². The fourth-order valence-electron chi connectivity index (χ4n) is 28.7. The predicted molar refractivity (Wildman–Crippen MR) is 407 cm³/mol. The Labute approximate surface area is 486 Å². The second-order valence-corrected chi connectivity index (χ2v) is 291. The highest BCUT2D eigenvalue weighted by Gasteiger charge is 2.99. The van der Waals surface area contributed by atoms with E-state index in [1.165, 1.54) is 0 Å². The third-order valence-electron chi connectivity index (χ3n) is 29.8. The molecule has 0 unspecified atom stereocenters. The predicted octanol–water partition coefficient (Wildman–Crippen LogP) is 14.5. The molecule has 0 amide bonds. The minimum atomic E-state index is -2.01. The van der Waals surface area contributed by atoms with Gasteiger partial charge in [-0.25, -0.2) is 0 Å². The molecule has 4 aromatic carbocycles. The molecule has 0 aliphatic carbocycles. The Morgan fingerprint density at radius 1 is 0.184 bits per heavy atom. The first-order chi connectivity index (χ1) is 33.9. The first-order valence-electron chi connectivity index (χ1n) is 30.1. The molecule has 6 aliphatic heterocycles. The van der Waals surface area contributed by atoms with Crippen LogP contribution in [0.15, 0.2) is 121 Å².